The molecule has 0 saturated heterocycles. The molecule has 1 rings (SSSR count). The Morgan fingerprint density at radius 3 is 2.69 bits per heavy atom. The minimum absolute atomic E-state index is 0.380. The minimum atomic E-state index is 0.380. The van der Waals surface area contributed by atoms with E-state index in [1.807, 2.05) is 0 Å². The number of hydrogen-bond donors (Lipinski definition) is 0. The highest BCUT2D eigenvalue weighted by Gasteiger charge is 2.10. The van der Waals surface area contributed by atoms with Gasteiger partial charge in [0.15, 0.2) is 0 Å². The molecule has 0 unspecified atom stereocenters. The zero-order valence-corrected chi connectivity index (χ0v) is 10.3. The molecule has 1 aromatic rings. The van der Waals surface area contributed by atoms with Crippen LogP contribution in [0.25, 0.3) is 0 Å². The maximum absolute atomic E-state index is 8.58. The molecule has 0 aliphatic rings. The summed E-state index contributed by atoms with van der Waals surface area (Å²) in [6.45, 7) is 5.64. The lowest BCUT2D eigenvalue weighted by atomic mass is 10.2. The predicted molar refractivity (Wildman–Crippen MR) is 62.8 cm³/mol. The van der Waals surface area contributed by atoms with Crippen molar-refractivity contribution in [2.75, 3.05) is 6.54 Å². The van der Waals surface area contributed by atoms with Gasteiger partial charge in [0.25, 0.3) is 0 Å². The van der Waals surface area contributed by atoms with Crippen LogP contribution in [0.15, 0.2) is 12.4 Å². The van der Waals surface area contributed by atoms with Crippen molar-refractivity contribution in [3.05, 3.63) is 23.2 Å². The number of nitrogens with zero attached hydrogens (tertiary/aromatic N) is 4. The fraction of sp³-hybridized carbons (Fsp3) is 0.545. The second kappa shape index (κ2) is 6.41. The molecule has 0 saturated carbocycles. The summed E-state index contributed by atoms with van der Waals surface area (Å²) in [6, 6.07) is 2.53. The molecule has 0 spiro atoms. The van der Waals surface area contributed by atoms with Crippen LogP contribution in [-0.4, -0.2) is 27.5 Å². The minimum Gasteiger partial charge on any atom is -0.294 e. The Labute approximate surface area is 101 Å². The Hall–Kier alpha value is -1.18. The van der Waals surface area contributed by atoms with Crippen molar-refractivity contribution in [3.63, 3.8) is 0 Å². The van der Waals surface area contributed by atoms with Crippen molar-refractivity contribution in [2.45, 2.75) is 32.9 Å². The highest BCUT2D eigenvalue weighted by Crippen LogP contribution is 2.07. The molecule has 0 aliphatic heterocycles. The van der Waals surface area contributed by atoms with Crippen molar-refractivity contribution < 1.29 is 0 Å². The number of rotatable bonds is 5. The van der Waals surface area contributed by atoms with Gasteiger partial charge in [0.1, 0.15) is 5.15 Å². The first-order chi connectivity index (χ1) is 7.63. The normalized spacial score (nSPS) is 10.8. The van der Waals surface area contributed by atoms with E-state index in [9.17, 15) is 0 Å². The maximum Gasteiger partial charge on any atom is 0.147 e. The van der Waals surface area contributed by atoms with Crippen LogP contribution in [0, 0.1) is 11.3 Å². The van der Waals surface area contributed by atoms with E-state index in [0.717, 1.165) is 12.2 Å². The van der Waals surface area contributed by atoms with Gasteiger partial charge in [-0.15, -0.1) is 0 Å². The molecule has 16 heavy (non-hydrogen) atoms. The number of aromatic nitrogens is 2. The molecule has 86 valence electrons. The SMILES string of the molecule is CC(C)N(CCC#N)Cc1cnc(Cl)cn1. The largest absolute Gasteiger partial charge is 0.294 e. The first-order valence-corrected chi connectivity index (χ1v) is 5.58. The lowest BCUT2D eigenvalue weighted by Gasteiger charge is -2.24. The third-order valence-corrected chi connectivity index (χ3v) is 2.48. The van der Waals surface area contributed by atoms with Crippen LogP contribution in [0.1, 0.15) is 26.0 Å². The van der Waals surface area contributed by atoms with E-state index in [1.54, 1.807) is 12.4 Å². The topological polar surface area (TPSA) is 52.8 Å². The summed E-state index contributed by atoms with van der Waals surface area (Å²) in [5, 5.41) is 8.98. The van der Waals surface area contributed by atoms with E-state index < -0.39 is 0 Å². The molecule has 0 amide bonds. The monoisotopic (exact) mass is 238 g/mol. The molecular formula is C11H15ClN4. The summed E-state index contributed by atoms with van der Waals surface area (Å²) in [5.41, 5.74) is 0.871. The number of halogens is 1. The van der Waals surface area contributed by atoms with E-state index in [-0.39, 0.29) is 0 Å². The molecule has 1 aromatic heterocycles. The molecule has 0 N–H and O–H groups in total. The van der Waals surface area contributed by atoms with Gasteiger partial charge < -0.3 is 0 Å². The summed E-state index contributed by atoms with van der Waals surface area (Å²) in [5.74, 6) is 0. The summed E-state index contributed by atoms with van der Waals surface area (Å²) in [7, 11) is 0. The molecule has 1 heterocycles. The molecular weight excluding hydrogens is 224 g/mol. The fourth-order valence-electron chi connectivity index (χ4n) is 1.34. The number of nitriles is 1. The molecule has 0 aliphatic carbocycles. The molecule has 0 fully saturated rings. The Bertz CT molecular complexity index is 355. The van der Waals surface area contributed by atoms with E-state index in [2.05, 4.69) is 34.8 Å². The van der Waals surface area contributed by atoms with Crippen molar-refractivity contribution in [1.82, 2.24) is 14.9 Å². The molecule has 4 nitrogen and oxygen atoms in total. The third-order valence-electron chi connectivity index (χ3n) is 2.28. The molecule has 0 atom stereocenters. The van der Waals surface area contributed by atoms with Gasteiger partial charge in [-0.2, -0.15) is 5.26 Å². The van der Waals surface area contributed by atoms with E-state index in [1.165, 1.54) is 0 Å². The van der Waals surface area contributed by atoms with Crippen LogP contribution in [0.4, 0.5) is 0 Å². The van der Waals surface area contributed by atoms with Crippen molar-refractivity contribution >= 4 is 11.6 Å². The van der Waals surface area contributed by atoms with Crippen LogP contribution in [0.2, 0.25) is 5.15 Å². The third kappa shape index (κ3) is 4.13. The second-order valence-corrected chi connectivity index (χ2v) is 4.19. The summed E-state index contributed by atoms with van der Waals surface area (Å²) in [4.78, 5) is 10.4. The van der Waals surface area contributed by atoms with Crippen LogP contribution < -0.4 is 0 Å². The average Bonchev–Trinajstić information content (AvgIpc) is 2.26. The lowest BCUT2D eigenvalue weighted by Crippen LogP contribution is -2.31. The van der Waals surface area contributed by atoms with Gasteiger partial charge >= 0.3 is 0 Å². The zero-order chi connectivity index (χ0) is 12.0. The quantitative estimate of drug-likeness (QED) is 0.790. The van der Waals surface area contributed by atoms with Crippen LogP contribution in [0.3, 0.4) is 0 Å². The first kappa shape index (κ1) is 12.9. The van der Waals surface area contributed by atoms with Crippen molar-refractivity contribution in [3.8, 4) is 6.07 Å². The first-order valence-electron chi connectivity index (χ1n) is 5.21. The van der Waals surface area contributed by atoms with E-state index in [0.29, 0.717) is 24.2 Å². The molecule has 0 aromatic carbocycles. The maximum atomic E-state index is 8.58. The molecule has 5 heteroatoms. The Morgan fingerprint density at radius 2 is 2.19 bits per heavy atom. The number of hydrogen-bond acceptors (Lipinski definition) is 4. The summed E-state index contributed by atoms with van der Waals surface area (Å²) < 4.78 is 0. The van der Waals surface area contributed by atoms with Gasteiger partial charge in [0.2, 0.25) is 0 Å². The van der Waals surface area contributed by atoms with Gasteiger partial charge in [-0.05, 0) is 13.8 Å². The summed E-state index contributed by atoms with van der Waals surface area (Å²) in [6.07, 6.45) is 3.74. The highest BCUT2D eigenvalue weighted by atomic mass is 35.5. The van der Waals surface area contributed by atoms with Gasteiger partial charge in [-0.25, -0.2) is 4.98 Å². The van der Waals surface area contributed by atoms with Gasteiger partial charge in [-0.3, -0.25) is 9.88 Å². The predicted octanol–water partition coefficient (Wildman–Crippen LogP) is 2.25. The average molecular weight is 239 g/mol. The van der Waals surface area contributed by atoms with Crippen LogP contribution in [-0.2, 0) is 6.54 Å². The van der Waals surface area contributed by atoms with E-state index >= 15 is 0 Å². The smallest absolute Gasteiger partial charge is 0.147 e. The van der Waals surface area contributed by atoms with Gasteiger partial charge in [0, 0.05) is 25.6 Å². The Morgan fingerprint density at radius 1 is 1.44 bits per heavy atom. The highest BCUT2D eigenvalue weighted by molar-refractivity contribution is 6.29. The Kier molecular flexibility index (Phi) is 5.17. The fourth-order valence-corrected chi connectivity index (χ4v) is 1.44. The van der Waals surface area contributed by atoms with E-state index in [4.69, 9.17) is 16.9 Å². The second-order valence-electron chi connectivity index (χ2n) is 3.80. The van der Waals surface area contributed by atoms with Crippen molar-refractivity contribution in [2.24, 2.45) is 0 Å². The molecule has 0 radical (unpaired) electrons. The van der Waals surface area contributed by atoms with Gasteiger partial charge in [0.05, 0.1) is 24.2 Å². The van der Waals surface area contributed by atoms with Crippen LogP contribution >= 0.6 is 11.6 Å². The van der Waals surface area contributed by atoms with Crippen LogP contribution in [0.5, 0.6) is 0 Å². The standard InChI is InChI=1S/C11H15ClN4/c1-9(2)16(5-3-4-13)8-10-6-15-11(12)7-14-10/h6-7,9H,3,5,8H2,1-2H3. The molecule has 0 bridgehead atoms. The lowest BCUT2D eigenvalue weighted by molar-refractivity contribution is 0.215. The van der Waals surface area contributed by atoms with Crippen molar-refractivity contribution in [1.29, 1.82) is 5.26 Å². The Balaban J connectivity index is 2.61. The van der Waals surface area contributed by atoms with Gasteiger partial charge in [-0.1, -0.05) is 11.6 Å². The zero-order valence-electron chi connectivity index (χ0n) is 9.52. The summed E-state index contributed by atoms with van der Waals surface area (Å²) >= 11 is 5.66.